The van der Waals surface area contributed by atoms with E-state index in [1.54, 1.807) is 25.4 Å². The lowest BCUT2D eigenvalue weighted by Gasteiger charge is -2.11. The van der Waals surface area contributed by atoms with Crippen molar-refractivity contribution in [2.24, 2.45) is 0 Å². The Bertz CT molecular complexity index is 599. The Morgan fingerprint density at radius 1 is 1.40 bits per heavy atom. The average Bonchev–Trinajstić information content (AvgIpc) is 2.88. The summed E-state index contributed by atoms with van der Waals surface area (Å²) in [5.41, 5.74) is 2.15. The Kier molecular flexibility index (Phi) is 3.43. The first kappa shape index (κ1) is 12.7. The van der Waals surface area contributed by atoms with E-state index in [1.807, 2.05) is 18.2 Å². The number of nitrogens with zero attached hydrogens (tertiary/aromatic N) is 1. The Labute approximate surface area is 117 Å². The zero-order chi connectivity index (χ0) is 13.9. The molecule has 1 unspecified atom stereocenters. The Balaban J connectivity index is 1.65. The number of ether oxygens (including phenoxy) is 2. The van der Waals surface area contributed by atoms with Gasteiger partial charge in [-0.3, -0.25) is 0 Å². The number of phenols is 1. The smallest absolute Gasteiger partial charge is 0.212 e. The first-order valence-electron chi connectivity index (χ1n) is 6.44. The van der Waals surface area contributed by atoms with E-state index in [4.69, 9.17) is 9.47 Å². The quantitative estimate of drug-likeness (QED) is 0.891. The van der Waals surface area contributed by atoms with Crippen LogP contribution in [-0.4, -0.2) is 23.8 Å². The van der Waals surface area contributed by atoms with Crippen LogP contribution in [0, 0.1) is 0 Å². The molecular formula is C15H16N2O3. The summed E-state index contributed by atoms with van der Waals surface area (Å²) in [5, 5.41) is 12.8. The van der Waals surface area contributed by atoms with Crippen LogP contribution in [0.15, 0.2) is 36.5 Å². The molecule has 0 aliphatic carbocycles. The standard InChI is InChI=1S/C15H16N2O3/c1-19-15-5-2-10(8-17-15)7-16-13-9-20-14-6-11(18)3-4-12(13)14/h2-6,8,13,16,18H,7,9H2,1H3. The zero-order valence-corrected chi connectivity index (χ0v) is 11.2. The molecule has 3 rings (SSSR count). The molecule has 5 nitrogen and oxygen atoms in total. The van der Waals surface area contributed by atoms with Gasteiger partial charge in [-0.25, -0.2) is 4.98 Å². The van der Waals surface area contributed by atoms with Crippen molar-refractivity contribution in [1.29, 1.82) is 0 Å². The van der Waals surface area contributed by atoms with E-state index >= 15 is 0 Å². The monoisotopic (exact) mass is 272 g/mol. The number of hydrogen-bond acceptors (Lipinski definition) is 5. The highest BCUT2D eigenvalue weighted by molar-refractivity contribution is 5.44. The molecule has 0 amide bonds. The van der Waals surface area contributed by atoms with Crippen molar-refractivity contribution in [2.75, 3.05) is 13.7 Å². The van der Waals surface area contributed by atoms with Crippen molar-refractivity contribution >= 4 is 0 Å². The molecule has 104 valence electrons. The van der Waals surface area contributed by atoms with E-state index in [1.165, 1.54) is 0 Å². The number of aromatic hydroxyl groups is 1. The average molecular weight is 272 g/mol. The first-order chi connectivity index (χ1) is 9.76. The number of hydrogen-bond donors (Lipinski definition) is 2. The fourth-order valence-corrected chi connectivity index (χ4v) is 2.24. The van der Waals surface area contributed by atoms with Crippen LogP contribution in [0.3, 0.4) is 0 Å². The minimum Gasteiger partial charge on any atom is -0.508 e. The van der Waals surface area contributed by atoms with Crippen molar-refractivity contribution in [3.05, 3.63) is 47.7 Å². The van der Waals surface area contributed by atoms with E-state index in [9.17, 15) is 5.11 Å². The van der Waals surface area contributed by atoms with Gasteiger partial charge in [0, 0.05) is 30.4 Å². The van der Waals surface area contributed by atoms with E-state index in [0.717, 1.165) is 16.9 Å². The first-order valence-corrected chi connectivity index (χ1v) is 6.44. The molecule has 1 aliphatic heterocycles. The summed E-state index contributed by atoms with van der Waals surface area (Å²) < 4.78 is 10.6. The molecule has 20 heavy (non-hydrogen) atoms. The molecule has 5 heteroatoms. The van der Waals surface area contributed by atoms with E-state index < -0.39 is 0 Å². The minimum atomic E-state index is 0.132. The van der Waals surface area contributed by atoms with E-state index in [0.29, 0.717) is 19.0 Å². The van der Waals surface area contributed by atoms with Crippen LogP contribution >= 0.6 is 0 Å². The second kappa shape index (κ2) is 5.38. The predicted molar refractivity (Wildman–Crippen MR) is 74.0 cm³/mol. The molecule has 0 fully saturated rings. The zero-order valence-electron chi connectivity index (χ0n) is 11.2. The number of phenolic OH excluding ortho intramolecular Hbond substituents is 1. The summed E-state index contributed by atoms with van der Waals surface area (Å²) in [6, 6.07) is 9.17. The van der Waals surface area contributed by atoms with Gasteiger partial charge in [-0.2, -0.15) is 0 Å². The van der Waals surface area contributed by atoms with Crippen LogP contribution in [0.25, 0.3) is 0 Å². The number of fused-ring (bicyclic) bond motifs is 1. The number of benzene rings is 1. The van der Waals surface area contributed by atoms with Crippen molar-refractivity contribution < 1.29 is 14.6 Å². The fraction of sp³-hybridized carbons (Fsp3) is 0.267. The van der Waals surface area contributed by atoms with Gasteiger partial charge in [0.2, 0.25) is 5.88 Å². The topological polar surface area (TPSA) is 63.6 Å². The summed E-state index contributed by atoms with van der Waals surface area (Å²) in [5.74, 6) is 1.58. The number of aromatic nitrogens is 1. The maximum atomic E-state index is 9.42. The van der Waals surface area contributed by atoms with Crippen LogP contribution in [0.5, 0.6) is 17.4 Å². The summed E-state index contributed by atoms with van der Waals surface area (Å²) in [4.78, 5) is 4.17. The molecule has 1 atom stereocenters. The normalized spacial score (nSPS) is 16.6. The highest BCUT2D eigenvalue weighted by atomic mass is 16.5. The second-order valence-corrected chi connectivity index (χ2v) is 4.68. The fourth-order valence-electron chi connectivity index (χ4n) is 2.24. The van der Waals surface area contributed by atoms with E-state index in [-0.39, 0.29) is 11.8 Å². The molecule has 1 aromatic heterocycles. The molecule has 2 aromatic rings. The number of rotatable bonds is 4. The SMILES string of the molecule is COc1ccc(CNC2COc3cc(O)ccc32)cn1. The molecule has 0 saturated carbocycles. The third kappa shape index (κ3) is 2.53. The van der Waals surface area contributed by atoms with Gasteiger partial charge in [0.25, 0.3) is 0 Å². The van der Waals surface area contributed by atoms with Gasteiger partial charge < -0.3 is 19.9 Å². The largest absolute Gasteiger partial charge is 0.508 e. The molecule has 0 bridgehead atoms. The van der Waals surface area contributed by atoms with Crippen LogP contribution in [0.1, 0.15) is 17.2 Å². The molecular weight excluding hydrogens is 256 g/mol. The Morgan fingerprint density at radius 3 is 3.05 bits per heavy atom. The Morgan fingerprint density at radius 2 is 2.30 bits per heavy atom. The molecule has 1 aliphatic rings. The van der Waals surface area contributed by atoms with E-state index in [2.05, 4.69) is 10.3 Å². The number of methoxy groups -OCH3 is 1. The summed E-state index contributed by atoms with van der Waals surface area (Å²) in [6.45, 7) is 1.27. The van der Waals surface area contributed by atoms with Crippen LogP contribution in [-0.2, 0) is 6.54 Å². The molecule has 0 saturated heterocycles. The van der Waals surface area contributed by atoms with Crippen LogP contribution in [0.4, 0.5) is 0 Å². The second-order valence-electron chi connectivity index (χ2n) is 4.68. The van der Waals surface area contributed by atoms with Gasteiger partial charge in [0.15, 0.2) is 0 Å². The summed E-state index contributed by atoms with van der Waals surface area (Å²) >= 11 is 0. The Hall–Kier alpha value is -2.27. The van der Waals surface area contributed by atoms with Gasteiger partial charge in [-0.1, -0.05) is 6.07 Å². The lowest BCUT2D eigenvalue weighted by atomic mass is 10.1. The molecule has 2 heterocycles. The van der Waals surface area contributed by atoms with Crippen molar-refractivity contribution in [3.63, 3.8) is 0 Å². The highest BCUT2D eigenvalue weighted by Gasteiger charge is 2.23. The van der Waals surface area contributed by atoms with Crippen LogP contribution in [0.2, 0.25) is 0 Å². The molecule has 1 aromatic carbocycles. The molecule has 2 N–H and O–H groups in total. The third-order valence-electron chi connectivity index (χ3n) is 3.34. The van der Waals surface area contributed by atoms with Gasteiger partial charge in [-0.05, 0) is 17.7 Å². The summed E-state index contributed by atoms with van der Waals surface area (Å²) in [6.07, 6.45) is 1.79. The third-order valence-corrected chi connectivity index (χ3v) is 3.34. The lowest BCUT2D eigenvalue weighted by Crippen LogP contribution is -2.22. The maximum absolute atomic E-state index is 9.42. The van der Waals surface area contributed by atoms with Crippen molar-refractivity contribution in [1.82, 2.24) is 10.3 Å². The predicted octanol–water partition coefficient (Wildman–Crippen LogP) is 2.02. The number of pyridine rings is 1. The van der Waals surface area contributed by atoms with Gasteiger partial charge in [-0.15, -0.1) is 0 Å². The summed E-state index contributed by atoms with van der Waals surface area (Å²) in [7, 11) is 1.60. The molecule has 0 spiro atoms. The maximum Gasteiger partial charge on any atom is 0.212 e. The van der Waals surface area contributed by atoms with Gasteiger partial charge in [0.1, 0.15) is 18.1 Å². The van der Waals surface area contributed by atoms with Crippen molar-refractivity contribution in [3.8, 4) is 17.4 Å². The minimum absolute atomic E-state index is 0.132. The van der Waals surface area contributed by atoms with Gasteiger partial charge >= 0.3 is 0 Å². The van der Waals surface area contributed by atoms with Crippen molar-refractivity contribution in [2.45, 2.75) is 12.6 Å². The van der Waals surface area contributed by atoms with Gasteiger partial charge in [0.05, 0.1) is 13.2 Å². The highest BCUT2D eigenvalue weighted by Crippen LogP contribution is 2.34. The molecule has 0 radical (unpaired) electrons. The van der Waals surface area contributed by atoms with Crippen LogP contribution < -0.4 is 14.8 Å². The number of nitrogens with one attached hydrogen (secondary N) is 1. The lowest BCUT2D eigenvalue weighted by molar-refractivity contribution is 0.309.